The van der Waals surface area contributed by atoms with E-state index in [9.17, 15) is 4.79 Å². The highest BCUT2D eigenvalue weighted by Gasteiger charge is 2.17. The lowest BCUT2D eigenvalue weighted by molar-refractivity contribution is 0.0734. The zero-order chi connectivity index (χ0) is 16.4. The molecule has 4 nitrogen and oxygen atoms in total. The quantitative estimate of drug-likeness (QED) is 0.542. The van der Waals surface area contributed by atoms with Crippen LogP contribution in [0.25, 0.3) is 5.69 Å². The Hall–Kier alpha value is -2.88. The van der Waals surface area contributed by atoms with E-state index in [1.54, 1.807) is 16.9 Å². The van der Waals surface area contributed by atoms with Crippen LogP contribution in [0.5, 0.6) is 5.75 Å². The molecule has 3 aromatic rings. The first-order chi connectivity index (χ1) is 11.1. The molecule has 0 saturated carbocycles. The van der Waals surface area contributed by atoms with Crippen molar-refractivity contribution >= 4 is 5.97 Å². The Kier molecular flexibility index (Phi) is 3.98. The molecule has 0 atom stereocenters. The highest BCUT2D eigenvalue weighted by molar-refractivity contribution is 5.92. The smallest absolute Gasteiger partial charge is 0.347 e. The number of nitrogens with zero attached hydrogens (tertiary/aromatic N) is 2. The fraction of sp³-hybridized carbons (Fsp3) is 0.158. The predicted molar refractivity (Wildman–Crippen MR) is 89.2 cm³/mol. The summed E-state index contributed by atoms with van der Waals surface area (Å²) in [4.78, 5) is 12.4. The van der Waals surface area contributed by atoms with Crippen LogP contribution in [0, 0.1) is 20.8 Å². The summed E-state index contributed by atoms with van der Waals surface area (Å²) in [5, 5.41) is 4.30. The van der Waals surface area contributed by atoms with Gasteiger partial charge in [-0.25, -0.2) is 9.48 Å². The standard InChI is InChI=1S/C19H18N2O2/c1-13-9-10-17(11-14(13)2)23-19(22)18-12-20-21(15(18)3)16-7-5-4-6-8-16/h4-12H,1-3H3. The Morgan fingerprint density at radius 1 is 1.00 bits per heavy atom. The molecule has 4 heteroatoms. The first-order valence-electron chi connectivity index (χ1n) is 7.46. The molecule has 0 amide bonds. The molecule has 1 heterocycles. The van der Waals surface area contributed by atoms with E-state index < -0.39 is 5.97 Å². The average molecular weight is 306 g/mol. The Bertz CT molecular complexity index is 851. The summed E-state index contributed by atoms with van der Waals surface area (Å²) in [7, 11) is 0. The normalized spacial score (nSPS) is 10.6. The second kappa shape index (κ2) is 6.08. The lowest BCUT2D eigenvalue weighted by atomic mass is 10.1. The molecule has 2 aromatic carbocycles. The molecule has 0 aliphatic heterocycles. The molecule has 116 valence electrons. The minimum absolute atomic E-state index is 0.395. The van der Waals surface area contributed by atoms with Gasteiger partial charge in [-0.15, -0.1) is 0 Å². The molecule has 0 saturated heterocycles. The number of esters is 1. The summed E-state index contributed by atoms with van der Waals surface area (Å²) in [5.74, 6) is 0.151. The van der Waals surface area contributed by atoms with Gasteiger partial charge in [0.15, 0.2) is 0 Å². The number of carbonyl (C=O) groups is 1. The average Bonchev–Trinajstić information content (AvgIpc) is 2.93. The molecule has 3 rings (SSSR count). The highest BCUT2D eigenvalue weighted by Crippen LogP contribution is 2.20. The zero-order valence-corrected chi connectivity index (χ0v) is 13.4. The summed E-state index contributed by atoms with van der Waals surface area (Å²) in [6.45, 7) is 5.87. The maximum atomic E-state index is 12.4. The van der Waals surface area contributed by atoms with Crippen molar-refractivity contribution < 1.29 is 9.53 Å². The largest absolute Gasteiger partial charge is 0.423 e. The highest BCUT2D eigenvalue weighted by atomic mass is 16.5. The van der Waals surface area contributed by atoms with Crippen molar-refractivity contribution in [2.24, 2.45) is 0 Å². The van der Waals surface area contributed by atoms with E-state index in [0.29, 0.717) is 11.3 Å². The fourth-order valence-corrected chi connectivity index (χ4v) is 2.38. The Balaban J connectivity index is 1.86. The van der Waals surface area contributed by atoms with Crippen LogP contribution in [0.2, 0.25) is 0 Å². The Morgan fingerprint density at radius 2 is 1.74 bits per heavy atom. The lowest BCUT2D eigenvalue weighted by Gasteiger charge is -2.07. The van der Waals surface area contributed by atoms with Crippen LogP contribution < -0.4 is 4.74 Å². The molecule has 0 aliphatic carbocycles. The molecular weight excluding hydrogens is 288 g/mol. The minimum Gasteiger partial charge on any atom is -0.423 e. The molecule has 0 fully saturated rings. The summed E-state index contributed by atoms with van der Waals surface area (Å²) >= 11 is 0. The van der Waals surface area contributed by atoms with Crippen LogP contribution in [0.4, 0.5) is 0 Å². The molecule has 0 bridgehead atoms. The van der Waals surface area contributed by atoms with E-state index in [0.717, 1.165) is 22.5 Å². The van der Waals surface area contributed by atoms with Crippen molar-refractivity contribution in [2.45, 2.75) is 20.8 Å². The number of hydrogen-bond donors (Lipinski definition) is 0. The number of rotatable bonds is 3. The predicted octanol–water partition coefficient (Wildman–Crippen LogP) is 4.02. The minimum atomic E-state index is -0.395. The SMILES string of the molecule is Cc1ccc(OC(=O)c2cnn(-c3ccccc3)c2C)cc1C. The summed E-state index contributed by atoms with van der Waals surface area (Å²) in [6.07, 6.45) is 1.55. The number of benzene rings is 2. The van der Waals surface area contributed by atoms with Crippen LogP contribution in [-0.4, -0.2) is 15.7 Å². The number of para-hydroxylation sites is 1. The second-order valence-corrected chi connectivity index (χ2v) is 5.53. The molecular formula is C19H18N2O2. The molecule has 0 unspecified atom stereocenters. The lowest BCUT2D eigenvalue weighted by Crippen LogP contribution is -2.10. The topological polar surface area (TPSA) is 44.1 Å². The van der Waals surface area contributed by atoms with Gasteiger partial charge in [-0.2, -0.15) is 5.10 Å². The Labute approximate surface area is 135 Å². The van der Waals surface area contributed by atoms with Gasteiger partial charge in [0, 0.05) is 0 Å². The van der Waals surface area contributed by atoms with Crippen LogP contribution in [0.1, 0.15) is 27.2 Å². The van der Waals surface area contributed by atoms with Crippen molar-refractivity contribution in [2.75, 3.05) is 0 Å². The number of ether oxygens (including phenoxy) is 1. The molecule has 0 N–H and O–H groups in total. The fourth-order valence-electron chi connectivity index (χ4n) is 2.38. The van der Waals surface area contributed by atoms with Gasteiger partial charge in [0.05, 0.1) is 17.6 Å². The molecule has 1 aromatic heterocycles. The Morgan fingerprint density at radius 3 is 2.43 bits per heavy atom. The van der Waals surface area contributed by atoms with Crippen LogP contribution in [0.3, 0.4) is 0 Å². The number of aryl methyl sites for hydroxylation is 2. The maximum Gasteiger partial charge on any atom is 0.347 e. The van der Waals surface area contributed by atoms with Crippen molar-refractivity contribution in [1.29, 1.82) is 0 Å². The second-order valence-electron chi connectivity index (χ2n) is 5.53. The zero-order valence-electron chi connectivity index (χ0n) is 13.4. The van der Waals surface area contributed by atoms with Gasteiger partial charge >= 0.3 is 5.97 Å². The van der Waals surface area contributed by atoms with E-state index in [2.05, 4.69) is 5.10 Å². The van der Waals surface area contributed by atoms with Crippen LogP contribution in [0.15, 0.2) is 54.7 Å². The molecule has 23 heavy (non-hydrogen) atoms. The van der Waals surface area contributed by atoms with Crippen LogP contribution >= 0.6 is 0 Å². The molecule has 0 spiro atoms. The van der Waals surface area contributed by atoms with Gasteiger partial charge in [0.1, 0.15) is 11.3 Å². The van der Waals surface area contributed by atoms with Crippen LogP contribution in [-0.2, 0) is 0 Å². The molecule has 0 aliphatic rings. The van der Waals surface area contributed by atoms with Gasteiger partial charge in [-0.05, 0) is 56.2 Å². The van der Waals surface area contributed by atoms with Crippen molar-refractivity contribution in [3.8, 4) is 11.4 Å². The van der Waals surface area contributed by atoms with E-state index >= 15 is 0 Å². The third kappa shape index (κ3) is 3.01. The third-order valence-electron chi connectivity index (χ3n) is 3.92. The first kappa shape index (κ1) is 15.0. The van der Waals surface area contributed by atoms with Gasteiger partial charge in [-0.1, -0.05) is 24.3 Å². The third-order valence-corrected chi connectivity index (χ3v) is 3.92. The van der Waals surface area contributed by atoms with E-state index in [1.807, 2.05) is 63.2 Å². The van der Waals surface area contributed by atoms with E-state index in [-0.39, 0.29) is 0 Å². The summed E-state index contributed by atoms with van der Waals surface area (Å²) < 4.78 is 7.21. The number of carbonyl (C=O) groups excluding carboxylic acids is 1. The number of aromatic nitrogens is 2. The first-order valence-corrected chi connectivity index (χ1v) is 7.46. The van der Waals surface area contributed by atoms with Gasteiger partial charge in [-0.3, -0.25) is 0 Å². The molecule has 0 radical (unpaired) electrons. The maximum absolute atomic E-state index is 12.4. The van der Waals surface area contributed by atoms with Gasteiger partial charge in [0.25, 0.3) is 0 Å². The summed E-state index contributed by atoms with van der Waals surface area (Å²) in [5.41, 5.74) is 4.39. The van der Waals surface area contributed by atoms with Crippen molar-refractivity contribution in [3.63, 3.8) is 0 Å². The van der Waals surface area contributed by atoms with E-state index in [4.69, 9.17) is 4.74 Å². The number of hydrogen-bond acceptors (Lipinski definition) is 3. The van der Waals surface area contributed by atoms with Crippen molar-refractivity contribution in [3.05, 3.63) is 77.1 Å². The van der Waals surface area contributed by atoms with Gasteiger partial charge < -0.3 is 4.74 Å². The summed E-state index contributed by atoms with van der Waals surface area (Å²) in [6, 6.07) is 15.3. The van der Waals surface area contributed by atoms with E-state index in [1.165, 1.54) is 0 Å². The monoisotopic (exact) mass is 306 g/mol. The van der Waals surface area contributed by atoms with Gasteiger partial charge in [0.2, 0.25) is 0 Å². The van der Waals surface area contributed by atoms with Crippen molar-refractivity contribution in [1.82, 2.24) is 9.78 Å².